The zero-order chi connectivity index (χ0) is 15.1. The first-order chi connectivity index (χ1) is 10.7. The average molecular weight is 291 g/mol. The van der Waals surface area contributed by atoms with Gasteiger partial charge in [-0.15, -0.1) is 0 Å². The number of benzene rings is 2. The van der Waals surface area contributed by atoms with Crippen molar-refractivity contribution >= 4 is 21.9 Å². The number of methoxy groups -OCH3 is 1. The van der Waals surface area contributed by atoms with Gasteiger partial charge >= 0.3 is 0 Å². The van der Waals surface area contributed by atoms with E-state index >= 15 is 0 Å². The third-order valence-electron chi connectivity index (χ3n) is 3.68. The summed E-state index contributed by atoms with van der Waals surface area (Å²) in [7, 11) is 1.63. The number of nitrogens with zero attached hydrogens (tertiary/aromatic N) is 1. The van der Waals surface area contributed by atoms with Gasteiger partial charge in [-0.1, -0.05) is 12.1 Å². The van der Waals surface area contributed by atoms with Crippen molar-refractivity contribution in [3.8, 4) is 17.1 Å². The monoisotopic (exact) mass is 291 g/mol. The number of fused-ring (bicyclic) bond motifs is 2. The fraction of sp³-hybridized carbons (Fsp3) is 0.0588. The van der Waals surface area contributed by atoms with Crippen LogP contribution in [0, 0.1) is 0 Å². The number of rotatable bonds is 2. The quantitative estimate of drug-likeness (QED) is 0.596. The van der Waals surface area contributed by atoms with Crippen LogP contribution in [0.3, 0.4) is 0 Å². The number of ether oxygens (including phenoxy) is 1. The van der Waals surface area contributed by atoms with E-state index in [4.69, 9.17) is 4.74 Å². The van der Waals surface area contributed by atoms with Gasteiger partial charge in [-0.3, -0.25) is 4.79 Å². The molecule has 0 saturated carbocycles. The second-order valence-corrected chi connectivity index (χ2v) is 5.07. The molecule has 2 N–H and O–H groups in total. The van der Waals surface area contributed by atoms with Gasteiger partial charge in [0.25, 0.3) is 5.56 Å². The highest BCUT2D eigenvalue weighted by molar-refractivity contribution is 5.87. The van der Waals surface area contributed by atoms with Crippen LogP contribution in [0.5, 0.6) is 5.75 Å². The normalized spacial score (nSPS) is 11.1. The Labute approximate surface area is 125 Å². The maximum absolute atomic E-state index is 12.3. The predicted molar refractivity (Wildman–Crippen MR) is 86.2 cm³/mol. The molecule has 0 aliphatic rings. The Kier molecular flexibility index (Phi) is 2.72. The summed E-state index contributed by atoms with van der Waals surface area (Å²) in [5.41, 5.74) is 3.29. The molecule has 0 spiro atoms. The highest BCUT2D eigenvalue weighted by atomic mass is 16.5. The Bertz CT molecular complexity index is 1050. The number of para-hydroxylation sites is 2. The molecule has 4 aromatic rings. The van der Waals surface area contributed by atoms with Gasteiger partial charge in [0.05, 0.1) is 23.8 Å². The Balaban J connectivity index is 1.94. The molecule has 2 aromatic heterocycles. The molecule has 0 amide bonds. The fourth-order valence-corrected chi connectivity index (χ4v) is 2.58. The molecule has 22 heavy (non-hydrogen) atoms. The lowest BCUT2D eigenvalue weighted by atomic mass is 10.2. The van der Waals surface area contributed by atoms with Crippen molar-refractivity contribution in [3.05, 3.63) is 58.9 Å². The van der Waals surface area contributed by atoms with Crippen LogP contribution >= 0.6 is 0 Å². The first-order valence-electron chi connectivity index (χ1n) is 6.91. The van der Waals surface area contributed by atoms with E-state index in [1.165, 1.54) is 0 Å². The lowest BCUT2D eigenvalue weighted by Gasteiger charge is -2.00. The van der Waals surface area contributed by atoms with Crippen molar-refractivity contribution < 1.29 is 4.74 Å². The highest BCUT2D eigenvalue weighted by Crippen LogP contribution is 2.25. The van der Waals surface area contributed by atoms with Gasteiger partial charge in [0.15, 0.2) is 5.69 Å². The predicted octanol–water partition coefficient (Wildman–Crippen LogP) is 3.08. The van der Waals surface area contributed by atoms with Gasteiger partial charge in [0.2, 0.25) is 0 Å². The molecule has 0 unspecified atom stereocenters. The van der Waals surface area contributed by atoms with Crippen molar-refractivity contribution in [2.75, 3.05) is 7.11 Å². The van der Waals surface area contributed by atoms with E-state index in [-0.39, 0.29) is 5.56 Å². The van der Waals surface area contributed by atoms with Crippen LogP contribution in [-0.2, 0) is 0 Å². The standard InChI is InChI=1S/C17H13N3O2/c1-22-11-6-7-12-10(8-11)9-15(18-12)16-17(21)20-14-5-3-2-4-13(14)19-16/h2-9,18H,1H3,(H,20,21). The molecule has 2 aromatic carbocycles. The summed E-state index contributed by atoms with van der Waals surface area (Å²) in [5.74, 6) is 0.776. The molecule has 108 valence electrons. The largest absolute Gasteiger partial charge is 0.497 e. The van der Waals surface area contributed by atoms with E-state index in [0.29, 0.717) is 11.4 Å². The molecule has 2 heterocycles. The summed E-state index contributed by atoms with van der Waals surface area (Å²) >= 11 is 0. The summed E-state index contributed by atoms with van der Waals surface area (Å²) in [5, 5.41) is 0.976. The smallest absolute Gasteiger partial charge is 0.276 e. The van der Waals surface area contributed by atoms with Crippen LogP contribution < -0.4 is 10.3 Å². The van der Waals surface area contributed by atoms with Crippen LogP contribution in [0.25, 0.3) is 33.3 Å². The van der Waals surface area contributed by atoms with Crippen molar-refractivity contribution in [1.82, 2.24) is 15.0 Å². The fourth-order valence-electron chi connectivity index (χ4n) is 2.58. The zero-order valence-electron chi connectivity index (χ0n) is 11.9. The van der Waals surface area contributed by atoms with E-state index < -0.39 is 0 Å². The number of H-pyrrole nitrogens is 2. The van der Waals surface area contributed by atoms with Crippen molar-refractivity contribution in [3.63, 3.8) is 0 Å². The lowest BCUT2D eigenvalue weighted by molar-refractivity contribution is 0.415. The number of hydrogen-bond donors (Lipinski definition) is 2. The van der Waals surface area contributed by atoms with E-state index in [9.17, 15) is 4.79 Å². The molecule has 5 heteroatoms. The Morgan fingerprint density at radius 2 is 1.86 bits per heavy atom. The van der Waals surface area contributed by atoms with Crippen molar-refractivity contribution in [2.24, 2.45) is 0 Å². The third kappa shape index (κ3) is 1.95. The van der Waals surface area contributed by atoms with E-state index in [1.54, 1.807) is 7.11 Å². The minimum Gasteiger partial charge on any atom is -0.497 e. The molecule has 0 aliphatic carbocycles. The highest BCUT2D eigenvalue weighted by Gasteiger charge is 2.10. The number of aromatic nitrogens is 3. The Morgan fingerprint density at radius 3 is 2.73 bits per heavy atom. The maximum Gasteiger partial charge on any atom is 0.276 e. The molecule has 5 nitrogen and oxygen atoms in total. The maximum atomic E-state index is 12.3. The first kappa shape index (κ1) is 12.6. The van der Waals surface area contributed by atoms with Crippen molar-refractivity contribution in [2.45, 2.75) is 0 Å². The SMILES string of the molecule is COc1ccc2[nH]c(-c3nc4ccccc4[nH]c3=O)cc2c1. The molecular formula is C17H13N3O2. The number of aromatic amines is 2. The van der Waals surface area contributed by atoms with E-state index in [0.717, 1.165) is 27.7 Å². The third-order valence-corrected chi connectivity index (χ3v) is 3.68. The summed E-state index contributed by atoms with van der Waals surface area (Å²) in [6.45, 7) is 0. The molecule has 0 saturated heterocycles. The molecule has 0 fully saturated rings. The van der Waals surface area contributed by atoms with Crippen LogP contribution in [0.4, 0.5) is 0 Å². The second-order valence-electron chi connectivity index (χ2n) is 5.07. The van der Waals surface area contributed by atoms with Gasteiger partial charge in [0.1, 0.15) is 5.75 Å². The van der Waals surface area contributed by atoms with Gasteiger partial charge < -0.3 is 14.7 Å². The minimum atomic E-state index is -0.211. The van der Waals surface area contributed by atoms with Gasteiger partial charge in [-0.25, -0.2) is 4.98 Å². The molecule has 0 atom stereocenters. The summed E-state index contributed by atoms with van der Waals surface area (Å²) in [4.78, 5) is 22.8. The zero-order valence-corrected chi connectivity index (χ0v) is 11.9. The first-order valence-corrected chi connectivity index (χ1v) is 6.91. The topological polar surface area (TPSA) is 70.8 Å². The van der Waals surface area contributed by atoms with Crippen LogP contribution in [0.1, 0.15) is 0 Å². The second kappa shape index (κ2) is 4.73. The molecule has 0 radical (unpaired) electrons. The average Bonchev–Trinajstić information content (AvgIpc) is 2.96. The van der Waals surface area contributed by atoms with Crippen LogP contribution in [0.15, 0.2) is 53.3 Å². The summed E-state index contributed by atoms with van der Waals surface area (Å²) < 4.78 is 5.22. The Morgan fingerprint density at radius 1 is 1.00 bits per heavy atom. The molecule has 4 rings (SSSR count). The molecular weight excluding hydrogens is 278 g/mol. The summed E-state index contributed by atoms with van der Waals surface area (Å²) in [6.07, 6.45) is 0. The molecule has 0 aliphatic heterocycles. The minimum absolute atomic E-state index is 0.211. The molecule has 0 bridgehead atoms. The van der Waals surface area contributed by atoms with Crippen molar-refractivity contribution in [1.29, 1.82) is 0 Å². The summed E-state index contributed by atoms with van der Waals surface area (Å²) in [6, 6.07) is 15.1. The van der Waals surface area contributed by atoms with Crippen LogP contribution in [-0.4, -0.2) is 22.1 Å². The number of hydrogen-bond acceptors (Lipinski definition) is 3. The van der Waals surface area contributed by atoms with Gasteiger partial charge in [-0.05, 0) is 36.4 Å². The van der Waals surface area contributed by atoms with Crippen LogP contribution in [0.2, 0.25) is 0 Å². The van der Waals surface area contributed by atoms with Gasteiger partial charge in [-0.2, -0.15) is 0 Å². The van der Waals surface area contributed by atoms with E-state index in [2.05, 4.69) is 15.0 Å². The lowest BCUT2D eigenvalue weighted by Crippen LogP contribution is -2.11. The number of nitrogens with one attached hydrogen (secondary N) is 2. The van der Waals surface area contributed by atoms with E-state index in [1.807, 2.05) is 48.5 Å². The van der Waals surface area contributed by atoms with Gasteiger partial charge in [0, 0.05) is 10.9 Å². The Hall–Kier alpha value is -3.08.